The number of benzene rings is 1. The second-order valence-corrected chi connectivity index (χ2v) is 5.04. The third-order valence-corrected chi connectivity index (χ3v) is 3.32. The monoisotopic (exact) mass is 332 g/mol. The SMILES string of the molecule is O=C(O)CCCCNC(=O)c1ccc(-n2ccnc2)c([N+](=O)[O-])c1. The van der Waals surface area contributed by atoms with Gasteiger partial charge in [-0.2, -0.15) is 0 Å². The summed E-state index contributed by atoms with van der Waals surface area (Å²) in [6.45, 7) is 0.309. The normalized spacial score (nSPS) is 10.3. The van der Waals surface area contributed by atoms with Crippen LogP contribution < -0.4 is 5.32 Å². The lowest BCUT2D eigenvalue weighted by atomic mass is 10.1. The lowest BCUT2D eigenvalue weighted by Crippen LogP contribution is -2.24. The van der Waals surface area contributed by atoms with Crippen LogP contribution >= 0.6 is 0 Å². The molecule has 2 aromatic rings. The molecular weight excluding hydrogens is 316 g/mol. The van der Waals surface area contributed by atoms with Crippen molar-refractivity contribution in [3.8, 4) is 5.69 Å². The molecule has 24 heavy (non-hydrogen) atoms. The molecule has 0 spiro atoms. The van der Waals surface area contributed by atoms with Crippen molar-refractivity contribution in [3.63, 3.8) is 0 Å². The molecule has 1 aromatic carbocycles. The van der Waals surface area contributed by atoms with Crippen molar-refractivity contribution in [1.82, 2.24) is 14.9 Å². The summed E-state index contributed by atoms with van der Waals surface area (Å²) in [4.78, 5) is 37.0. The molecule has 126 valence electrons. The highest BCUT2D eigenvalue weighted by Gasteiger charge is 2.18. The summed E-state index contributed by atoms with van der Waals surface area (Å²) < 4.78 is 1.49. The maximum Gasteiger partial charge on any atom is 0.303 e. The smallest absolute Gasteiger partial charge is 0.303 e. The molecule has 9 nitrogen and oxygen atoms in total. The molecule has 1 amide bonds. The number of carbonyl (C=O) groups excluding carboxylic acids is 1. The number of hydrogen-bond acceptors (Lipinski definition) is 5. The zero-order valence-electron chi connectivity index (χ0n) is 12.7. The molecule has 0 unspecified atom stereocenters. The Kier molecular flexibility index (Phi) is 5.61. The number of nitro benzene ring substituents is 1. The summed E-state index contributed by atoms with van der Waals surface area (Å²) in [5.74, 6) is -1.32. The number of nitro groups is 1. The van der Waals surface area contributed by atoms with Gasteiger partial charge in [0.1, 0.15) is 5.69 Å². The van der Waals surface area contributed by atoms with E-state index in [-0.39, 0.29) is 17.7 Å². The Morgan fingerprint density at radius 1 is 1.33 bits per heavy atom. The van der Waals surface area contributed by atoms with Crippen LogP contribution in [0.4, 0.5) is 5.69 Å². The fourth-order valence-electron chi connectivity index (χ4n) is 2.14. The topological polar surface area (TPSA) is 127 Å². The van der Waals surface area contributed by atoms with E-state index in [4.69, 9.17) is 5.11 Å². The second-order valence-electron chi connectivity index (χ2n) is 5.04. The Hall–Kier alpha value is -3.23. The molecule has 0 radical (unpaired) electrons. The van der Waals surface area contributed by atoms with E-state index in [0.29, 0.717) is 25.1 Å². The molecule has 0 aliphatic heterocycles. The number of nitrogens with zero attached hydrogens (tertiary/aromatic N) is 3. The number of carbonyl (C=O) groups is 2. The van der Waals surface area contributed by atoms with Crippen LogP contribution in [-0.2, 0) is 4.79 Å². The van der Waals surface area contributed by atoms with Gasteiger partial charge in [0.2, 0.25) is 0 Å². The number of imidazole rings is 1. The number of aliphatic carboxylic acids is 1. The van der Waals surface area contributed by atoms with Gasteiger partial charge in [0.25, 0.3) is 11.6 Å². The number of amides is 1. The molecule has 0 bridgehead atoms. The van der Waals surface area contributed by atoms with Crippen molar-refractivity contribution < 1.29 is 19.6 Å². The second kappa shape index (κ2) is 7.86. The molecule has 9 heteroatoms. The lowest BCUT2D eigenvalue weighted by Gasteiger charge is -2.07. The predicted octanol–water partition coefficient (Wildman–Crippen LogP) is 1.77. The van der Waals surface area contributed by atoms with Gasteiger partial charge in [0.15, 0.2) is 0 Å². The van der Waals surface area contributed by atoms with E-state index in [1.807, 2.05) is 0 Å². The molecular formula is C15H16N4O5. The number of unbranched alkanes of at least 4 members (excludes halogenated alkanes) is 1. The first-order chi connectivity index (χ1) is 11.5. The molecule has 0 aliphatic carbocycles. The Morgan fingerprint density at radius 2 is 2.12 bits per heavy atom. The van der Waals surface area contributed by atoms with Crippen molar-refractivity contribution >= 4 is 17.6 Å². The Bertz CT molecular complexity index is 742. The van der Waals surface area contributed by atoms with Crippen molar-refractivity contribution in [3.05, 3.63) is 52.6 Å². The van der Waals surface area contributed by atoms with E-state index in [2.05, 4.69) is 10.3 Å². The van der Waals surface area contributed by atoms with Crippen LogP contribution in [0, 0.1) is 10.1 Å². The fourth-order valence-corrected chi connectivity index (χ4v) is 2.14. The highest BCUT2D eigenvalue weighted by molar-refractivity contribution is 5.95. The van der Waals surface area contributed by atoms with Gasteiger partial charge in [0.05, 0.1) is 11.3 Å². The minimum Gasteiger partial charge on any atom is -0.481 e. The van der Waals surface area contributed by atoms with Crippen LogP contribution in [0.3, 0.4) is 0 Å². The quantitative estimate of drug-likeness (QED) is 0.431. The average molecular weight is 332 g/mol. The Balaban J connectivity index is 2.05. The van der Waals surface area contributed by atoms with Gasteiger partial charge in [-0.25, -0.2) is 4.98 Å². The predicted molar refractivity (Wildman–Crippen MR) is 84.0 cm³/mol. The van der Waals surface area contributed by atoms with E-state index < -0.39 is 16.8 Å². The molecule has 1 heterocycles. The van der Waals surface area contributed by atoms with Gasteiger partial charge in [-0.1, -0.05) is 0 Å². The zero-order chi connectivity index (χ0) is 17.5. The molecule has 0 fully saturated rings. The van der Waals surface area contributed by atoms with Gasteiger partial charge in [-0.05, 0) is 25.0 Å². The summed E-state index contributed by atoms with van der Waals surface area (Å²) in [5.41, 5.74) is 0.283. The van der Waals surface area contributed by atoms with Crippen molar-refractivity contribution in [2.45, 2.75) is 19.3 Å². The largest absolute Gasteiger partial charge is 0.481 e. The fraction of sp³-hybridized carbons (Fsp3) is 0.267. The average Bonchev–Trinajstić information content (AvgIpc) is 3.07. The molecule has 0 atom stereocenters. The Labute approximate surface area is 137 Å². The third kappa shape index (κ3) is 4.38. The highest BCUT2D eigenvalue weighted by Crippen LogP contribution is 2.24. The number of carboxylic acids is 1. The van der Waals surface area contributed by atoms with E-state index in [9.17, 15) is 19.7 Å². The molecule has 0 saturated heterocycles. The zero-order valence-corrected chi connectivity index (χ0v) is 12.7. The first-order valence-electron chi connectivity index (χ1n) is 7.26. The molecule has 2 N–H and O–H groups in total. The molecule has 0 aliphatic rings. The van der Waals surface area contributed by atoms with Crippen LogP contribution in [-0.4, -0.2) is 38.0 Å². The van der Waals surface area contributed by atoms with Crippen LogP contribution in [0.1, 0.15) is 29.6 Å². The molecule has 1 aromatic heterocycles. The summed E-state index contributed by atoms with van der Waals surface area (Å²) >= 11 is 0. The van der Waals surface area contributed by atoms with E-state index in [1.54, 1.807) is 6.20 Å². The summed E-state index contributed by atoms with van der Waals surface area (Å²) in [6, 6.07) is 4.19. The number of rotatable bonds is 8. The minimum atomic E-state index is -0.882. The van der Waals surface area contributed by atoms with Gasteiger partial charge in [-0.3, -0.25) is 19.7 Å². The van der Waals surface area contributed by atoms with Gasteiger partial charge >= 0.3 is 5.97 Å². The third-order valence-electron chi connectivity index (χ3n) is 3.32. The van der Waals surface area contributed by atoms with Crippen molar-refractivity contribution in [2.24, 2.45) is 0 Å². The first kappa shape index (κ1) is 17.1. The maximum absolute atomic E-state index is 12.0. The molecule has 2 rings (SSSR count). The van der Waals surface area contributed by atoms with Gasteiger partial charge in [-0.15, -0.1) is 0 Å². The molecule has 0 saturated carbocycles. The van der Waals surface area contributed by atoms with Gasteiger partial charge < -0.3 is 15.0 Å². The van der Waals surface area contributed by atoms with Crippen LogP contribution in [0.5, 0.6) is 0 Å². The standard InChI is InChI=1S/C15H16N4O5/c20-14(21)3-1-2-6-17-15(22)11-4-5-12(13(9-11)19(23)24)18-8-7-16-10-18/h4-5,7-10H,1-3,6H2,(H,17,22)(H,20,21). The van der Waals surface area contributed by atoms with Crippen LogP contribution in [0.25, 0.3) is 5.69 Å². The highest BCUT2D eigenvalue weighted by atomic mass is 16.6. The minimum absolute atomic E-state index is 0.0426. The number of hydrogen-bond donors (Lipinski definition) is 2. The summed E-state index contributed by atoms with van der Waals surface area (Å²) in [5, 5.41) is 22.4. The number of carboxylic acid groups (broad SMARTS) is 1. The van der Waals surface area contributed by atoms with Crippen LogP contribution in [0.2, 0.25) is 0 Å². The van der Waals surface area contributed by atoms with Gasteiger partial charge in [0, 0.05) is 37.0 Å². The summed E-state index contributed by atoms with van der Waals surface area (Å²) in [6.07, 6.45) is 5.53. The first-order valence-corrected chi connectivity index (χ1v) is 7.26. The Morgan fingerprint density at radius 3 is 2.75 bits per heavy atom. The number of aromatic nitrogens is 2. The van der Waals surface area contributed by atoms with E-state index >= 15 is 0 Å². The van der Waals surface area contributed by atoms with E-state index in [1.165, 1.54) is 35.3 Å². The van der Waals surface area contributed by atoms with Crippen LogP contribution in [0.15, 0.2) is 36.9 Å². The van der Waals surface area contributed by atoms with E-state index in [0.717, 1.165) is 0 Å². The van der Waals surface area contributed by atoms with Crippen molar-refractivity contribution in [1.29, 1.82) is 0 Å². The summed E-state index contributed by atoms with van der Waals surface area (Å²) in [7, 11) is 0. The maximum atomic E-state index is 12.0. The van der Waals surface area contributed by atoms with Crippen molar-refractivity contribution in [2.75, 3.05) is 6.54 Å². The number of nitrogens with one attached hydrogen (secondary N) is 1. The lowest BCUT2D eigenvalue weighted by molar-refractivity contribution is -0.384.